The maximum atomic E-state index is 11.5. The van der Waals surface area contributed by atoms with Gasteiger partial charge in [0.1, 0.15) is 0 Å². The number of furan rings is 1. The van der Waals surface area contributed by atoms with E-state index >= 15 is 0 Å². The van der Waals surface area contributed by atoms with E-state index in [9.17, 15) is 4.79 Å². The molecule has 0 aliphatic carbocycles. The summed E-state index contributed by atoms with van der Waals surface area (Å²) in [4.78, 5) is 13.7. The highest BCUT2D eigenvalue weighted by Crippen LogP contribution is 2.20. The van der Waals surface area contributed by atoms with E-state index in [-0.39, 0.29) is 11.4 Å². The van der Waals surface area contributed by atoms with Crippen molar-refractivity contribution in [2.75, 3.05) is 19.7 Å². The number of nitrogens with zero attached hydrogens (tertiary/aromatic N) is 1. The molecule has 1 aliphatic rings. The molecule has 2 heterocycles. The van der Waals surface area contributed by atoms with Crippen LogP contribution in [0.2, 0.25) is 0 Å². The molecule has 18 heavy (non-hydrogen) atoms. The minimum absolute atomic E-state index is 0.154. The molecule has 1 aliphatic heterocycles. The Kier molecular flexibility index (Phi) is 3.70. The third-order valence-corrected chi connectivity index (χ3v) is 2.98. The molecule has 6 heteroatoms. The summed E-state index contributed by atoms with van der Waals surface area (Å²) in [6.45, 7) is 7.14. The zero-order valence-corrected chi connectivity index (χ0v) is 10.7. The highest BCUT2D eigenvalue weighted by atomic mass is 16.5. The largest absolute Gasteiger partial charge is 0.459 e. The van der Waals surface area contributed by atoms with Gasteiger partial charge < -0.3 is 9.15 Å². The predicted octanol–water partition coefficient (Wildman–Crippen LogP) is 0.494. The van der Waals surface area contributed by atoms with Crippen LogP contribution < -0.4 is 11.3 Å². The highest BCUT2D eigenvalue weighted by molar-refractivity contribution is 5.92. The zero-order valence-electron chi connectivity index (χ0n) is 10.7. The first-order valence-electron chi connectivity index (χ1n) is 5.95. The van der Waals surface area contributed by atoms with Gasteiger partial charge in [-0.25, -0.2) is 5.84 Å². The Morgan fingerprint density at radius 1 is 1.61 bits per heavy atom. The van der Waals surface area contributed by atoms with Crippen molar-refractivity contribution < 1.29 is 13.9 Å². The molecule has 0 radical (unpaired) electrons. The van der Waals surface area contributed by atoms with Crippen molar-refractivity contribution in [3.63, 3.8) is 0 Å². The molecule has 1 aromatic rings. The van der Waals surface area contributed by atoms with E-state index in [4.69, 9.17) is 15.0 Å². The fraction of sp³-hybridized carbons (Fsp3) is 0.583. The number of carbonyl (C=O) groups is 1. The number of rotatable bonds is 3. The van der Waals surface area contributed by atoms with E-state index in [0.717, 1.165) is 18.7 Å². The molecule has 1 amide bonds. The third kappa shape index (κ3) is 2.90. The van der Waals surface area contributed by atoms with Crippen LogP contribution in [0.15, 0.2) is 16.7 Å². The van der Waals surface area contributed by atoms with Crippen LogP contribution in [0.25, 0.3) is 0 Å². The molecule has 6 nitrogen and oxygen atoms in total. The molecule has 2 rings (SSSR count). The lowest BCUT2D eigenvalue weighted by Gasteiger charge is -2.38. The van der Waals surface area contributed by atoms with Crippen molar-refractivity contribution in [1.29, 1.82) is 0 Å². The summed E-state index contributed by atoms with van der Waals surface area (Å²) < 4.78 is 10.8. The number of hydrogen-bond acceptors (Lipinski definition) is 5. The molecule has 0 aromatic carbocycles. The van der Waals surface area contributed by atoms with Crippen LogP contribution in [-0.4, -0.2) is 36.1 Å². The molecule has 0 unspecified atom stereocenters. The van der Waals surface area contributed by atoms with Crippen LogP contribution in [0.4, 0.5) is 0 Å². The average Bonchev–Trinajstić information content (AvgIpc) is 2.75. The summed E-state index contributed by atoms with van der Waals surface area (Å²) in [5.41, 5.74) is 2.77. The second kappa shape index (κ2) is 5.09. The number of nitrogen functional groups attached to an aromatic ring is 1. The number of carbonyl (C=O) groups excluding carboxylic acids is 1. The summed E-state index contributed by atoms with van der Waals surface area (Å²) in [7, 11) is 0. The first-order chi connectivity index (χ1) is 8.52. The molecular weight excluding hydrogens is 234 g/mol. The zero-order chi connectivity index (χ0) is 13.2. The number of hydrogen-bond donors (Lipinski definition) is 2. The van der Waals surface area contributed by atoms with Gasteiger partial charge in [0.15, 0.2) is 5.76 Å². The van der Waals surface area contributed by atoms with Crippen molar-refractivity contribution in [2.45, 2.75) is 26.0 Å². The third-order valence-electron chi connectivity index (χ3n) is 2.98. The summed E-state index contributed by atoms with van der Waals surface area (Å²) in [6.07, 6.45) is 1.51. The van der Waals surface area contributed by atoms with Crippen LogP contribution in [0.5, 0.6) is 0 Å². The van der Waals surface area contributed by atoms with Gasteiger partial charge in [0.25, 0.3) is 0 Å². The summed E-state index contributed by atoms with van der Waals surface area (Å²) >= 11 is 0. The van der Waals surface area contributed by atoms with Crippen LogP contribution in [-0.2, 0) is 11.3 Å². The van der Waals surface area contributed by atoms with Gasteiger partial charge in [0, 0.05) is 25.2 Å². The van der Waals surface area contributed by atoms with Gasteiger partial charge >= 0.3 is 5.91 Å². The van der Waals surface area contributed by atoms with Gasteiger partial charge in [-0.05, 0) is 19.9 Å². The number of hydrazine groups is 1. The van der Waals surface area contributed by atoms with E-state index in [1.165, 1.54) is 6.26 Å². The van der Waals surface area contributed by atoms with Gasteiger partial charge in [-0.1, -0.05) is 0 Å². The molecule has 3 N–H and O–H groups in total. The van der Waals surface area contributed by atoms with Gasteiger partial charge in [-0.2, -0.15) is 0 Å². The van der Waals surface area contributed by atoms with Crippen LogP contribution in [0, 0.1) is 0 Å². The quantitative estimate of drug-likeness (QED) is 0.465. The molecule has 0 bridgehead atoms. The molecule has 1 saturated heterocycles. The van der Waals surface area contributed by atoms with Gasteiger partial charge in [0.05, 0.1) is 18.5 Å². The van der Waals surface area contributed by atoms with E-state index in [1.54, 1.807) is 6.07 Å². The number of morpholine rings is 1. The molecule has 100 valence electrons. The normalized spacial score (nSPS) is 19.7. The van der Waals surface area contributed by atoms with Crippen molar-refractivity contribution in [3.8, 4) is 0 Å². The lowest BCUT2D eigenvalue weighted by atomic mass is 10.1. The Hall–Kier alpha value is -1.37. The van der Waals surface area contributed by atoms with E-state index in [2.05, 4.69) is 24.2 Å². The van der Waals surface area contributed by atoms with Crippen LogP contribution in [0.3, 0.4) is 0 Å². The standard InChI is InChI=1S/C12H19N3O3/c1-12(2)8-15(4-6-18-12)7-9-3-5-17-10(9)11(16)14-13/h3,5H,4,6-8,13H2,1-2H3,(H,14,16). The SMILES string of the molecule is CC1(C)CN(Cc2ccoc2C(=O)NN)CCO1. The second-order valence-electron chi connectivity index (χ2n) is 5.07. The Bertz CT molecular complexity index is 428. The Morgan fingerprint density at radius 2 is 2.39 bits per heavy atom. The molecule has 0 atom stereocenters. The minimum Gasteiger partial charge on any atom is -0.459 e. The number of amides is 1. The summed E-state index contributed by atoms with van der Waals surface area (Å²) in [6, 6.07) is 1.80. The lowest BCUT2D eigenvalue weighted by Crippen LogP contribution is -2.47. The minimum atomic E-state index is -0.400. The van der Waals surface area contributed by atoms with Gasteiger partial charge in [-0.3, -0.25) is 15.1 Å². The van der Waals surface area contributed by atoms with E-state index in [0.29, 0.717) is 13.2 Å². The van der Waals surface area contributed by atoms with Crippen molar-refractivity contribution in [2.24, 2.45) is 5.84 Å². The first-order valence-corrected chi connectivity index (χ1v) is 5.95. The van der Waals surface area contributed by atoms with Crippen molar-refractivity contribution in [1.82, 2.24) is 10.3 Å². The number of nitrogens with two attached hydrogens (primary N) is 1. The van der Waals surface area contributed by atoms with Crippen LogP contribution in [0.1, 0.15) is 30.0 Å². The first kappa shape index (κ1) is 13.1. The van der Waals surface area contributed by atoms with Gasteiger partial charge in [-0.15, -0.1) is 0 Å². The predicted molar refractivity (Wildman–Crippen MR) is 65.7 cm³/mol. The second-order valence-corrected chi connectivity index (χ2v) is 5.07. The Morgan fingerprint density at radius 3 is 3.06 bits per heavy atom. The molecule has 1 fully saturated rings. The molecular formula is C12H19N3O3. The lowest BCUT2D eigenvalue weighted by molar-refractivity contribution is -0.0883. The van der Waals surface area contributed by atoms with Gasteiger partial charge in [0.2, 0.25) is 0 Å². The van der Waals surface area contributed by atoms with Crippen LogP contribution >= 0.6 is 0 Å². The molecule has 0 saturated carbocycles. The smallest absolute Gasteiger partial charge is 0.301 e. The molecule has 0 spiro atoms. The fourth-order valence-electron chi connectivity index (χ4n) is 2.22. The maximum absolute atomic E-state index is 11.5. The Balaban J connectivity index is 2.05. The summed E-state index contributed by atoms with van der Waals surface area (Å²) in [5.74, 6) is 4.99. The number of ether oxygens (including phenoxy) is 1. The average molecular weight is 253 g/mol. The topological polar surface area (TPSA) is 80.7 Å². The van der Waals surface area contributed by atoms with E-state index in [1.807, 2.05) is 0 Å². The molecule has 1 aromatic heterocycles. The number of nitrogens with one attached hydrogen (secondary N) is 1. The Labute approximate surface area is 106 Å². The maximum Gasteiger partial charge on any atom is 0.301 e. The van der Waals surface area contributed by atoms with Crippen molar-refractivity contribution in [3.05, 3.63) is 23.7 Å². The highest BCUT2D eigenvalue weighted by Gasteiger charge is 2.28. The van der Waals surface area contributed by atoms with E-state index < -0.39 is 5.91 Å². The fourth-order valence-corrected chi connectivity index (χ4v) is 2.22. The van der Waals surface area contributed by atoms with Crippen molar-refractivity contribution >= 4 is 5.91 Å². The monoisotopic (exact) mass is 253 g/mol. The summed E-state index contributed by atoms with van der Waals surface area (Å²) in [5, 5.41) is 0.